The van der Waals surface area contributed by atoms with Crippen molar-refractivity contribution in [1.29, 1.82) is 0 Å². The molecule has 1 rings (SSSR count). The summed E-state index contributed by atoms with van der Waals surface area (Å²) in [6.07, 6.45) is 5.18. The Bertz CT molecular complexity index is 396. The normalized spacial score (nSPS) is 10.3. The lowest BCUT2D eigenvalue weighted by Gasteiger charge is -2.13. The molecule has 3 heteroatoms. The Balaban J connectivity index is 2.69. The van der Waals surface area contributed by atoms with E-state index in [2.05, 4.69) is 25.1 Å². The van der Waals surface area contributed by atoms with Gasteiger partial charge in [0.15, 0.2) is 0 Å². The molecule has 0 aliphatic carbocycles. The maximum atomic E-state index is 6.09. The van der Waals surface area contributed by atoms with Crippen molar-refractivity contribution in [2.45, 2.75) is 20.4 Å². The quantitative estimate of drug-likeness (QED) is 0.785. The Labute approximate surface area is 108 Å². The molecule has 1 N–H and O–H groups in total. The van der Waals surface area contributed by atoms with E-state index in [1.807, 2.05) is 12.1 Å². The summed E-state index contributed by atoms with van der Waals surface area (Å²) < 4.78 is 5.47. The first-order valence-electron chi connectivity index (χ1n) is 5.69. The standard InChI is InChI=1S/C14H18ClNO/c1-4-8-17-14-12(6-5-7-13(14)15)10-16-9-11(2)3/h1,5-7,11,16H,8-10H2,2-3H3. The number of hydrogen-bond acceptors (Lipinski definition) is 2. The van der Waals surface area contributed by atoms with Gasteiger partial charge in [-0.1, -0.05) is 43.5 Å². The van der Waals surface area contributed by atoms with Crippen LogP contribution >= 0.6 is 11.6 Å². The monoisotopic (exact) mass is 251 g/mol. The highest BCUT2D eigenvalue weighted by Gasteiger charge is 2.07. The summed E-state index contributed by atoms with van der Waals surface area (Å²) in [4.78, 5) is 0. The van der Waals surface area contributed by atoms with Gasteiger partial charge in [-0.3, -0.25) is 0 Å². The first kappa shape index (κ1) is 13.9. The second-order valence-corrected chi connectivity index (χ2v) is 4.65. The number of nitrogens with one attached hydrogen (secondary N) is 1. The zero-order chi connectivity index (χ0) is 12.7. The van der Waals surface area contributed by atoms with E-state index in [0.717, 1.165) is 18.7 Å². The minimum atomic E-state index is 0.237. The minimum absolute atomic E-state index is 0.237. The molecule has 0 spiro atoms. The predicted molar refractivity (Wildman–Crippen MR) is 72.3 cm³/mol. The van der Waals surface area contributed by atoms with E-state index in [9.17, 15) is 0 Å². The molecule has 92 valence electrons. The topological polar surface area (TPSA) is 21.3 Å². The van der Waals surface area contributed by atoms with Crippen LogP contribution in [0.15, 0.2) is 18.2 Å². The Morgan fingerprint density at radius 2 is 2.24 bits per heavy atom. The van der Waals surface area contributed by atoms with Crippen LogP contribution in [0.5, 0.6) is 5.75 Å². The van der Waals surface area contributed by atoms with Crippen LogP contribution < -0.4 is 10.1 Å². The Morgan fingerprint density at radius 1 is 1.47 bits per heavy atom. The number of ether oxygens (including phenoxy) is 1. The fourth-order valence-electron chi connectivity index (χ4n) is 1.46. The maximum Gasteiger partial charge on any atom is 0.148 e. The molecule has 17 heavy (non-hydrogen) atoms. The van der Waals surface area contributed by atoms with Crippen molar-refractivity contribution in [3.63, 3.8) is 0 Å². The SMILES string of the molecule is C#CCOc1c(Cl)cccc1CNCC(C)C. The molecule has 0 aromatic heterocycles. The lowest BCUT2D eigenvalue weighted by molar-refractivity contribution is 0.364. The zero-order valence-electron chi connectivity index (χ0n) is 10.3. The first-order chi connectivity index (χ1) is 8.15. The highest BCUT2D eigenvalue weighted by Crippen LogP contribution is 2.28. The van der Waals surface area contributed by atoms with Gasteiger partial charge in [-0.15, -0.1) is 6.42 Å². The van der Waals surface area contributed by atoms with Gasteiger partial charge in [-0.05, 0) is 18.5 Å². The average molecular weight is 252 g/mol. The van der Waals surface area contributed by atoms with Gasteiger partial charge in [0.25, 0.3) is 0 Å². The van der Waals surface area contributed by atoms with Crippen molar-refractivity contribution in [2.24, 2.45) is 5.92 Å². The van der Waals surface area contributed by atoms with Gasteiger partial charge in [0, 0.05) is 12.1 Å². The van der Waals surface area contributed by atoms with Crippen LogP contribution in [0.25, 0.3) is 0 Å². The van der Waals surface area contributed by atoms with Gasteiger partial charge in [0.2, 0.25) is 0 Å². The van der Waals surface area contributed by atoms with Gasteiger partial charge in [-0.2, -0.15) is 0 Å². The van der Waals surface area contributed by atoms with Crippen LogP contribution in [0, 0.1) is 18.3 Å². The van der Waals surface area contributed by atoms with Crippen molar-refractivity contribution in [3.8, 4) is 18.1 Å². The van der Waals surface area contributed by atoms with Crippen LogP contribution in [-0.2, 0) is 6.54 Å². The molecule has 1 aromatic rings. The van der Waals surface area contributed by atoms with Gasteiger partial charge in [-0.25, -0.2) is 0 Å². The molecule has 0 bridgehead atoms. The number of terminal acetylenes is 1. The fraction of sp³-hybridized carbons (Fsp3) is 0.429. The van der Waals surface area contributed by atoms with E-state index in [-0.39, 0.29) is 6.61 Å². The molecule has 0 saturated carbocycles. The van der Waals surface area contributed by atoms with Crippen LogP contribution in [0.1, 0.15) is 19.4 Å². The molecule has 0 aliphatic heterocycles. The van der Waals surface area contributed by atoms with Crippen LogP contribution in [0.4, 0.5) is 0 Å². The van der Waals surface area contributed by atoms with Crippen molar-refractivity contribution in [1.82, 2.24) is 5.32 Å². The number of para-hydroxylation sites is 1. The molecule has 0 amide bonds. The smallest absolute Gasteiger partial charge is 0.148 e. The van der Waals surface area contributed by atoms with Crippen LogP contribution in [0.2, 0.25) is 5.02 Å². The van der Waals surface area contributed by atoms with Crippen molar-refractivity contribution in [3.05, 3.63) is 28.8 Å². The third kappa shape index (κ3) is 4.68. The third-order valence-electron chi connectivity index (χ3n) is 2.22. The molecule has 0 fully saturated rings. The summed E-state index contributed by atoms with van der Waals surface area (Å²) in [5, 5.41) is 3.96. The minimum Gasteiger partial charge on any atom is -0.479 e. The number of rotatable bonds is 6. The third-order valence-corrected chi connectivity index (χ3v) is 2.51. The summed E-state index contributed by atoms with van der Waals surface area (Å²) in [5.41, 5.74) is 1.04. The summed E-state index contributed by atoms with van der Waals surface area (Å²) >= 11 is 6.09. The lowest BCUT2D eigenvalue weighted by Crippen LogP contribution is -2.19. The molecule has 2 nitrogen and oxygen atoms in total. The van der Waals surface area contributed by atoms with Crippen LogP contribution in [0.3, 0.4) is 0 Å². The summed E-state index contributed by atoms with van der Waals surface area (Å²) in [6, 6.07) is 5.71. The highest BCUT2D eigenvalue weighted by molar-refractivity contribution is 6.32. The molecular formula is C14H18ClNO. The van der Waals surface area contributed by atoms with E-state index in [1.165, 1.54) is 0 Å². The molecule has 0 heterocycles. The molecule has 0 radical (unpaired) electrons. The van der Waals surface area contributed by atoms with Gasteiger partial charge < -0.3 is 10.1 Å². The average Bonchev–Trinajstić information content (AvgIpc) is 2.28. The largest absolute Gasteiger partial charge is 0.479 e. The van der Waals surface area contributed by atoms with Gasteiger partial charge >= 0.3 is 0 Å². The van der Waals surface area contributed by atoms with E-state index < -0.39 is 0 Å². The van der Waals surface area contributed by atoms with Crippen molar-refractivity contribution >= 4 is 11.6 Å². The second kappa shape index (κ2) is 7.21. The molecule has 0 saturated heterocycles. The second-order valence-electron chi connectivity index (χ2n) is 4.25. The van der Waals surface area contributed by atoms with Gasteiger partial charge in [0.05, 0.1) is 5.02 Å². The van der Waals surface area contributed by atoms with E-state index in [0.29, 0.717) is 16.7 Å². The molecule has 0 aliphatic rings. The summed E-state index contributed by atoms with van der Waals surface area (Å²) in [5.74, 6) is 3.74. The van der Waals surface area contributed by atoms with E-state index in [1.54, 1.807) is 6.07 Å². The molecule has 1 aromatic carbocycles. The van der Waals surface area contributed by atoms with Crippen molar-refractivity contribution < 1.29 is 4.74 Å². The Kier molecular flexibility index (Phi) is 5.90. The van der Waals surface area contributed by atoms with E-state index in [4.69, 9.17) is 22.8 Å². The van der Waals surface area contributed by atoms with Crippen molar-refractivity contribution in [2.75, 3.05) is 13.2 Å². The number of halogens is 1. The Morgan fingerprint density at radius 3 is 2.88 bits per heavy atom. The lowest BCUT2D eigenvalue weighted by atomic mass is 10.2. The molecular weight excluding hydrogens is 234 g/mol. The number of benzene rings is 1. The molecule has 0 unspecified atom stereocenters. The highest BCUT2D eigenvalue weighted by atomic mass is 35.5. The summed E-state index contributed by atoms with van der Waals surface area (Å²) in [6.45, 7) is 6.27. The molecule has 0 atom stereocenters. The maximum absolute atomic E-state index is 6.09. The first-order valence-corrected chi connectivity index (χ1v) is 6.07. The zero-order valence-corrected chi connectivity index (χ0v) is 11.1. The van der Waals surface area contributed by atoms with Crippen LogP contribution in [-0.4, -0.2) is 13.2 Å². The predicted octanol–water partition coefficient (Wildman–Crippen LogP) is 3.10. The van der Waals surface area contributed by atoms with E-state index >= 15 is 0 Å². The number of hydrogen-bond donors (Lipinski definition) is 1. The summed E-state index contributed by atoms with van der Waals surface area (Å²) in [7, 11) is 0. The van der Waals surface area contributed by atoms with Gasteiger partial charge in [0.1, 0.15) is 12.4 Å². The Hall–Kier alpha value is -1.17. The fourth-order valence-corrected chi connectivity index (χ4v) is 1.71.